The van der Waals surface area contributed by atoms with E-state index >= 15 is 0 Å². The van der Waals surface area contributed by atoms with E-state index in [0.717, 1.165) is 0 Å². The first-order chi connectivity index (χ1) is 11.6. The van der Waals surface area contributed by atoms with Gasteiger partial charge in [0.1, 0.15) is 11.2 Å². The Bertz CT molecular complexity index is 1090. The molecule has 9 heteroatoms. The number of nitrogens with one attached hydrogen (secondary N) is 2. The van der Waals surface area contributed by atoms with E-state index in [1.165, 1.54) is 12.5 Å². The number of hydrogen-bond donors (Lipinski definition) is 2. The third-order valence-corrected chi connectivity index (χ3v) is 4.59. The molecule has 0 aliphatic heterocycles. The Hall–Kier alpha value is -3.20. The highest BCUT2D eigenvalue weighted by Crippen LogP contribution is 2.26. The molecule has 0 spiro atoms. The molecule has 0 amide bonds. The molecule has 4 rings (SSSR count). The van der Waals surface area contributed by atoms with Gasteiger partial charge in [0, 0.05) is 12.3 Å². The van der Waals surface area contributed by atoms with Crippen molar-refractivity contribution in [1.82, 2.24) is 19.9 Å². The molecule has 3 heterocycles. The van der Waals surface area contributed by atoms with E-state index < -0.39 is 10.0 Å². The third kappa shape index (κ3) is 2.61. The number of oxazole rings is 1. The van der Waals surface area contributed by atoms with Crippen LogP contribution in [0.15, 0.2) is 64.6 Å². The summed E-state index contributed by atoms with van der Waals surface area (Å²) in [5.41, 5.74) is 2.04. The van der Waals surface area contributed by atoms with E-state index in [4.69, 9.17) is 4.42 Å². The van der Waals surface area contributed by atoms with E-state index in [2.05, 4.69) is 24.7 Å². The molecule has 0 bridgehead atoms. The first-order valence-corrected chi connectivity index (χ1v) is 8.43. The van der Waals surface area contributed by atoms with Gasteiger partial charge in [0.2, 0.25) is 5.89 Å². The number of imidazole rings is 1. The van der Waals surface area contributed by atoms with E-state index in [0.29, 0.717) is 28.4 Å². The molecule has 1 aromatic carbocycles. The van der Waals surface area contributed by atoms with Gasteiger partial charge >= 0.3 is 0 Å². The number of nitrogens with zero attached hydrogens (tertiary/aromatic N) is 3. The molecule has 3 aromatic heterocycles. The molecule has 0 radical (unpaired) electrons. The van der Waals surface area contributed by atoms with E-state index in [-0.39, 0.29) is 5.03 Å². The molecule has 24 heavy (non-hydrogen) atoms. The highest BCUT2D eigenvalue weighted by atomic mass is 32.2. The van der Waals surface area contributed by atoms with Gasteiger partial charge in [-0.25, -0.2) is 9.97 Å². The van der Waals surface area contributed by atoms with Crippen LogP contribution in [-0.2, 0) is 10.0 Å². The minimum absolute atomic E-state index is 0.0191. The van der Waals surface area contributed by atoms with Crippen LogP contribution < -0.4 is 4.72 Å². The monoisotopic (exact) mass is 341 g/mol. The summed E-state index contributed by atoms with van der Waals surface area (Å²) in [4.78, 5) is 14.8. The van der Waals surface area contributed by atoms with Crippen LogP contribution in [0.3, 0.4) is 0 Å². The smallest absolute Gasteiger partial charge is 0.278 e. The van der Waals surface area contributed by atoms with Crippen molar-refractivity contribution in [2.24, 2.45) is 0 Å². The van der Waals surface area contributed by atoms with Crippen LogP contribution in [0.25, 0.3) is 22.7 Å². The van der Waals surface area contributed by atoms with Crippen LogP contribution in [0.1, 0.15) is 0 Å². The molecular formula is C15H11N5O3S. The first kappa shape index (κ1) is 14.4. The number of fused-ring (bicyclic) bond motifs is 1. The van der Waals surface area contributed by atoms with Crippen molar-refractivity contribution in [3.8, 4) is 11.6 Å². The maximum absolute atomic E-state index is 12.2. The van der Waals surface area contributed by atoms with Crippen molar-refractivity contribution < 1.29 is 12.8 Å². The minimum atomic E-state index is -3.73. The number of pyridine rings is 1. The summed E-state index contributed by atoms with van der Waals surface area (Å²) < 4.78 is 32.5. The molecule has 0 saturated carbocycles. The zero-order valence-corrected chi connectivity index (χ0v) is 13.0. The molecule has 0 atom stereocenters. The minimum Gasteiger partial charge on any atom is -0.435 e. The van der Waals surface area contributed by atoms with Crippen LogP contribution in [0.2, 0.25) is 0 Å². The second-order valence-electron chi connectivity index (χ2n) is 4.94. The average Bonchev–Trinajstić information content (AvgIpc) is 3.25. The van der Waals surface area contributed by atoms with E-state index in [1.54, 1.807) is 36.5 Å². The molecule has 0 aliphatic rings. The number of H-pyrrole nitrogens is 1. The Kier molecular flexibility index (Phi) is 3.28. The zero-order chi connectivity index (χ0) is 16.6. The number of sulfonamides is 1. The van der Waals surface area contributed by atoms with Gasteiger partial charge in [0.15, 0.2) is 10.6 Å². The van der Waals surface area contributed by atoms with Crippen LogP contribution >= 0.6 is 0 Å². The van der Waals surface area contributed by atoms with Crippen LogP contribution in [0.5, 0.6) is 0 Å². The highest BCUT2D eigenvalue weighted by molar-refractivity contribution is 7.92. The lowest BCUT2D eigenvalue weighted by atomic mass is 10.3. The van der Waals surface area contributed by atoms with E-state index in [1.807, 2.05) is 6.07 Å². The topological polar surface area (TPSA) is 114 Å². The fourth-order valence-corrected chi connectivity index (χ4v) is 3.14. The van der Waals surface area contributed by atoms with Gasteiger partial charge in [0.25, 0.3) is 10.0 Å². The van der Waals surface area contributed by atoms with Gasteiger partial charge in [-0.05, 0) is 24.3 Å². The van der Waals surface area contributed by atoms with Crippen molar-refractivity contribution in [3.63, 3.8) is 0 Å². The number of hydrogen-bond acceptors (Lipinski definition) is 6. The Morgan fingerprint density at radius 1 is 1.17 bits per heavy atom. The molecule has 8 nitrogen and oxygen atoms in total. The quantitative estimate of drug-likeness (QED) is 0.589. The fraction of sp³-hybridized carbons (Fsp3) is 0. The van der Waals surface area contributed by atoms with Gasteiger partial charge in [-0.15, -0.1) is 0 Å². The average molecular weight is 341 g/mol. The molecule has 120 valence electrons. The summed E-state index contributed by atoms with van der Waals surface area (Å²) in [6, 6.07) is 10.3. The lowest BCUT2D eigenvalue weighted by Gasteiger charge is -2.05. The second kappa shape index (κ2) is 5.46. The molecular weight excluding hydrogens is 330 g/mol. The lowest BCUT2D eigenvalue weighted by Crippen LogP contribution is -2.13. The van der Waals surface area contributed by atoms with Crippen molar-refractivity contribution >= 4 is 26.8 Å². The summed E-state index contributed by atoms with van der Waals surface area (Å²) in [6.07, 6.45) is 4.18. The third-order valence-electron chi connectivity index (χ3n) is 3.29. The Labute approximate surface area is 136 Å². The van der Waals surface area contributed by atoms with Crippen molar-refractivity contribution in [1.29, 1.82) is 0 Å². The van der Waals surface area contributed by atoms with E-state index in [9.17, 15) is 8.42 Å². The Morgan fingerprint density at radius 2 is 2.08 bits per heavy atom. The van der Waals surface area contributed by atoms with Crippen molar-refractivity contribution in [3.05, 3.63) is 55.1 Å². The number of anilines is 1. The van der Waals surface area contributed by atoms with Crippen LogP contribution in [-0.4, -0.2) is 28.4 Å². The maximum atomic E-state index is 12.2. The zero-order valence-electron chi connectivity index (χ0n) is 12.2. The standard InChI is InChI=1S/C15H11N5O3S/c21-24(22,14-8-16-9-18-14)20-10-4-5-11-13(7-10)23-15(19-11)12-3-1-2-6-17-12/h1-9,20H,(H,16,18). The Balaban J connectivity index is 1.69. The molecule has 4 aromatic rings. The normalized spacial score (nSPS) is 11.7. The number of benzene rings is 1. The maximum Gasteiger partial charge on any atom is 0.278 e. The summed E-state index contributed by atoms with van der Waals surface area (Å²) in [5, 5.41) is -0.0191. The van der Waals surface area contributed by atoms with Gasteiger partial charge < -0.3 is 9.40 Å². The first-order valence-electron chi connectivity index (χ1n) is 6.95. The number of aromatic nitrogens is 4. The fourth-order valence-electron chi connectivity index (χ4n) is 2.19. The van der Waals surface area contributed by atoms with Gasteiger partial charge in [-0.2, -0.15) is 8.42 Å². The van der Waals surface area contributed by atoms with Gasteiger partial charge in [-0.1, -0.05) is 6.07 Å². The van der Waals surface area contributed by atoms with Gasteiger partial charge in [-0.3, -0.25) is 9.71 Å². The predicted molar refractivity (Wildman–Crippen MR) is 86.6 cm³/mol. The molecule has 0 unspecified atom stereocenters. The van der Waals surface area contributed by atoms with Gasteiger partial charge in [0.05, 0.1) is 18.2 Å². The summed E-state index contributed by atoms with van der Waals surface area (Å²) in [5.74, 6) is 0.374. The number of rotatable bonds is 4. The Morgan fingerprint density at radius 3 is 2.83 bits per heavy atom. The summed E-state index contributed by atoms with van der Waals surface area (Å²) in [7, 11) is -3.73. The molecule has 2 N–H and O–H groups in total. The largest absolute Gasteiger partial charge is 0.435 e. The molecule has 0 fully saturated rings. The highest BCUT2D eigenvalue weighted by Gasteiger charge is 2.16. The summed E-state index contributed by atoms with van der Waals surface area (Å²) in [6.45, 7) is 0. The lowest BCUT2D eigenvalue weighted by molar-refractivity contribution is 0.598. The second-order valence-corrected chi connectivity index (χ2v) is 6.59. The summed E-state index contributed by atoms with van der Waals surface area (Å²) >= 11 is 0. The van der Waals surface area contributed by atoms with Crippen LogP contribution in [0.4, 0.5) is 5.69 Å². The SMILES string of the molecule is O=S(=O)(Nc1ccc2nc(-c3ccccn3)oc2c1)c1cnc[nH]1. The molecule has 0 aliphatic carbocycles. The molecule has 0 saturated heterocycles. The predicted octanol–water partition coefficient (Wildman–Crippen LogP) is 2.41. The van der Waals surface area contributed by atoms with Crippen LogP contribution in [0, 0.1) is 0 Å². The van der Waals surface area contributed by atoms with Crippen molar-refractivity contribution in [2.75, 3.05) is 4.72 Å². The van der Waals surface area contributed by atoms with Crippen molar-refractivity contribution in [2.45, 2.75) is 5.03 Å². The number of aromatic amines is 1.